The van der Waals surface area contributed by atoms with Crippen LogP contribution in [0.2, 0.25) is 0 Å². The molecule has 1 saturated carbocycles. The van der Waals surface area contributed by atoms with E-state index >= 15 is 0 Å². The van der Waals surface area contributed by atoms with Gasteiger partial charge in [0.15, 0.2) is 0 Å². The summed E-state index contributed by atoms with van der Waals surface area (Å²) in [4.78, 5) is 27.6. The van der Waals surface area contributed by atoms with Gasteiger partial charge in [0, 0.05) is 25.7 Å². The van der Waals surface area contributed by atoms with Crippen LogP contribution in [0.1, 0.15) is 55.9 Å². The summed E-state index contributed by atoms with van der Waals surface area (Å²) in [7, 11) is 0. The molecule has 26 heavy (non-hydrogen) atoms. The Kier molecular flexibility index (Phi) is 5.02. The summed E-state index contributed by atoms with van der Waals surface area (Å²) in [5.41, 5.74) is 1.89. The van der Waals surface area contributed by atoms with Crippen molar-refractivity contribution in [3.63, 3.8) is 0 Å². The maximum absolute atomic E-state index is 13.1. The minimum absolute atomic E-state index is 0.0635. The second-order valence-electron chi connectivity index (χ2n) is 7.52. The van der Waals surface area contributed by atoms with Crippen molar-refractivity contribution in [2.45, 2.75) is 58.0 Å². The lowest BCUT2D eigenvalue weighted by atomic mass is 9.96. The largest absolute Gasteiger partial charge is 0.353 e. The Hall–Kier alpha value is -1.82. The lowest BCUT2D eigenvalue weighted by Crippen LogP contribution is -2.47. The maximum atomic E-state index is 13.1. The van der Waals surface area contributed by atoms with Gasteiger partial charge in [0.1, 0.15) is 5.69 Å². The van der Waals surface area contributed by atoms with Crippen LogP contribution in [0.3, 0.4) is 0 Å². The maximum Gasteiger partial charge on any atom is 0.270 e. The minimum atomic E-state index is -0.0699. The van der Waals surface area contributed by atoms with Crippen LogP contribution in [0.4, 0.5) is 0 Å². The van der Waals surface area contributed by atoms with Crippen LogP contribution in [0, 0.1) is 5.92 Å². The van der Waals surface area contributed by atoms with Crippen LogP contribution >= 0.6 is 11.3 Å². The van der Waals surface area contributed by atoms with Crippen molar-refractivity contribution in [1.29, 1.82) is 0 Å². The van der Waals surface area contributed by atoms with E-state index in [0.717, 1.165) is 54.7 Å². The average Bonchev–Trinajstić information content (AvgIpc) is 3.38. The second kappa shape index (κ2) is 7.43. The number of carbonyl (C=O) groups excluding carboxylic acids is 2. The molecule has 3 heterocycles. The lowest BCUT2D eigenvalue weighted by Gasteiger charge is -2.32. The Labute approximate surface area is 158 Å². The molecule has 1 unspecified atom stereocenters. The fourth-order valence-electron chi connectivity index (χ4n) is 4.42. The van der Waals surface area contributed by atoms with Gasteiger partial charge < -0.3 is 14.8 Å². The SMILES string of the molecule is CCn1c(C(=O)N2CCCC(C(=O)NC3CCCC3)C2)cc2sccc21. The van der Waals surface area contributed by atoms with Crippen LogP contribution in [-0.2, 0) is 11.3 Å². The molecular formula is C20H27N3O2S. The van der Waals surface area contributed by atoms with Crippen molar-refractivity contribution >= 4 is 33.4 Å². The molecular weight excluding hydrogens is 346 g/mol. The van der Waals surface area contributed by atoms with Gasteiger partial charge in [-0.1, -0.05) is 12.8 Å². The number of thiophene rings is 1. The Bertz CT molecular complexity index is 803. The van der Waals surface area contributed by atoms with Crippen molar-refractivity contribution in [3.05, 3.63) is 23.2 Å². The van der Waals surface area contributed by atoms with Crippen molar-refractivity contribution in [1.82, 2.24) is 14.8 Å². The number of piperidine rings is 1. The van der Waals surface area contributed by atoms with Gasteiger partial charge in [-0.05, 0) is 50.1 Å². The molecule has 2 aromatic rings. The molecule has 1 aliphatic carbocycles. The zero-order valence-corrected chi connectivity index (χ0v) is 16.2. The molecule has 0 bridgehead atoms. The predicted molar refractivity (Wildman–Crippen MR) is 105 cm³/mol. The molecule has 2 aromatic heterocycles. The fourth-order valence-corrected chi connectivity index (χ4v) is 5.24. The first-order valence-electron chi connectivity index (χ1n) is 9.83. The number of carbonyl (C=O) groups is 2. The molecule has 0 radical (unpaired) electrons. The van der Waals surface area contributed by atoms with Gasteiger partial charge in [0.2, 0.25) is 5.91 Å². The van der Waals surface area contributed by atoms with Crippen LogP contribution in [0.25, 0.3) is 10.2 Å². The molecule has 2 amide bonds. The highest BCUT2D eigenvalue weighted by atomic mass is 32.1. The van der Waals surface area contributed by atoms with Crippen molar-refractivity contribution in [3.8, 4) is 0 Å². The highest BCUT2D eigenvalue weighted by molar-refractivity contribution is 7.17. The van der Waals surface area contributed by atoms with Gasteiger partial charge in [-0.2, -0.15) is 0 Å². The number of nitrogens with zero attached hydrogens (tertiary/aromatic N) is 2. The zero-order valence-electron chi connectivity index (χ0n) is 15.4. The second-order valence-corrected chi connectivity index (χ2v) is 8.47. The van der Waals surface area contributed by atoms with Crippen LogP contribution < -0.4 is 5.32 Å². The van der Waals surface area contributed by atoms with E-state index in [9.17, 15) is 9.59 Å². The van der Waals surface area contributed by atoms with Crippen molar-refractivity contribution in [2.75, 3.05) is 13.1 Å². The summed E-state index contributed by atoms with van der Waals surface area (Å²) < 4.78 is 3.25. The zero-order chi connectivity index (χ0) is 18.1. The molecule has 1 aliphatic heterocycles. The fraction of sp³-hybridized carbons (Fsp3) is 0.600. The molecule has 2 aliphatic rings. The van der Waals surface area contributed by atoms with E-state index in [0.29, 0.717) is 12.6 Å². The standard InChI is InChI=1S/C20H27N3O2S/c1-2-23-16-9-11-26-18(16)12-17(23)20(25)22-10-5-6-14(13-22)19(24)21-15-7-3-4-8-15/h9,11-12,14-15H,2-8,10,13H2,1H3,(H,21,24). The highest BCUT2D eigenvalue weighted by Crippen LogP contribution is 2.27. The van der Waals surface area contributed by atoms with Gasteiger partial charge in [-0.15, -0.1) is 11.3 Å². The number of amides is 2. The van der Waals surface area contributed by atoms with Crippen LogP contribution in [-0.4, -0.2) is 40.4 Å². The predicted octanol–water partition coefficient (Wildman–Crippen LogP) is 3.63. The Morgan fingerprint density at radius 3 is 2.81 bits per heavy atom. The topological polar surface area (TPSA) is 54.3 Å². The number of aromatic nitrogens is 1. The number of likely N-dealkylation sites (tertiary alicyclic amines) is 1. The third kappa shape index (κ3) is 3.27. The number of aryl methyl sites for hydroxylation is 1. The van der Waals surface area contributed by atoms with Gasteiger partial charge in [0.05, 0.1) is 16.1 Å². The summed E-state index contributed by atoms with van der Waals surface area (Å²) in [6.45, 7) is 4.14. The summed E-state index contributed by atoms with van der Waals surface area (Å²) in [5, 5.41) is 5.27. The third-order valence-electron chi connectivity index (χ3n) is 5.84. The third-order valence-corrected chi connectivity index (χ3v) is 6.69. The molecule has 0 aromatic carbocycles. The monoisotopic (exact) mass is 373 g/mol. The molecule has 0 spiro atoms. The highest BCUT2D eigenvalue weighted by Gasteiger charge is 2.31. The minimum Gasteiger partial charge on any atom is -0.353 e. The molecule has 2 fully saturated rings. The molecule has 1 atom stereocenters. The number of fused-ring (bicyclic) bond motifs is 1. The lowest BCUT2D eigenvalue weighted by molar-refractivity contribution is -0.127. The van der Waals surface area contributed by atoms with E-state index in [2.05, 4.69) is 28.3 Å². The number of hydrogen-bond donors (Lipinski definition) is 1. The van der Waals surface area contributed by atoms with E-state index < -0.39 is 0 Å². The van der Waals surface area contributed by atoms with Crippen molar-refractivity contribution in [2.24, 2.45) is 5.92 Å². The quantitative estimate of drug-likeness (QED) is 0.890. The van der Waals surface area contributed by atoms with E-state index in [1.807, 2.05) is 11.0 Å². The first-order valence-corrected chi connectivity index (χ1v) is 10.7. The summed E-state index contributed by atoms with van der Waals surface area (Å²) in [6, 6.07) is 4.43. The Morgan fingerprint density at radius 1 is 1.23 bits per heavy atom. The molecule has 1 saturated heterocycles. The Balaban J connectivity index is 1.47. The summed E-state index contributed by atoms with van der Waals surface area (Å²) >= 11 is 1.67. The first-order chi connectivity index (χ1) is 12.7. The first kappa shape index (κ1) is 17.6. The smallest absolute Gasteiger partial charge is 0.270 e. The molecule has 1 N–H and O–H groups in total. The molecule has 140 valence electrons. The van der Waals surface area contributed by atoms with E-state index in [-0.39, 0.29) is 17.7 Å². The van der Waals surface area contributed by atoms with Gasteiger partial charge >= 0.3 is 0 Å². The van der Waals surface area contributed by atoms with Crippen LogP contribution in [0.5, 0.6) is 0 Å². The van der Waals surface area contributed by atoms with E-state index in [4.69, 9.17) is 0 Å². The van der Waals surface area contributed by atoms with Gasteiger partial charge in [0.25, 0.3) is 5.91 Å². The van der Waals surface area contributed by atoms with Gasteiger partial charge in [-0.3, -0.25) is 9.59 Å². The number of hydrogen-bond acceptors (Lipinski definition) is 3. The van der Waals surface area contributed by atoms with E-state index in [1.54, 1.807) is 11.3 Å². The normalized spacial score (nSPS) is 21.4. The Morgan fingerprint density at radius 2 is 2.04 bits per heavy atom. The van der Waals surface area contributed by atoms with Crippen LogP contribution in [0.15, 0.2) is 17.5 Å². The van der Waals surface area contributed by atoms with E-state index in [1.165, 1.54) is 12.8 Å². The summed E-state index contributed by atoms with van der Waals surface area (Å²) in [6.07, 6.45) is 6.41. The summed E-state index contributed by atoms with van der Waals surface area (Å²) in [5.74, 6) is 0.134. The van der Waals surface area contributed by atoms with Gasteiger partial charge in [-0.25, -0.2) is 0 Å². The number of rotatable bonds is 4. The molecule has 4 rings (SSSR count). The molecule has 6 heteroatoms. The molecule has 5 nitrogen and oxygen atoms in total. The van der Waals surface area contributed by atoms with Crippen molar-refractivity contribution < 1.29 is 9.59 Å². The average molecular weight is 374 g/mol. The number of nitrogens with one attached hydrogen (secondary N) is 1.